The van der Waals surface area contributed by atoms with Crippen molar-refractivity contribution in [3.63, 3.8) is 0 Å². The van der Waals surface area contributed by atoms with Gasteiger partial charge >= 0.3 is 6.09 Å². The minimum absolute atomic E-state index is 0.0109. The van der Waals surface area contributed by atoms with E-state index in [1.165, 1.54) is 13.3 Å². The Morgan fingerprint density at radius 3 is 2.74 bits per heavy atom. The Morgan fingerprint density at radius 1 is 1.39 bits per heavy atom. The van der Waals surface area contributed by atoms with E-state index in [4.69, 9.17) is 19.6 Å². The van der Waals surface area contributed by atoms with Gasteiger partial charge in [0.1, 0.15) is 12.4 Å². The second kappa shape index (κ2) is 8.88. The first-order valence-corrected chi connectivity index (χ1v) is 10.8. The molecule has 0 bridgehead atoms. The molecule has 3 aliphatic rings. The summed E-state index contributed by atoms with van der Waals surface area (Å²) < 4.78 is 16.7. The second-order valence-corrected chi connectivity index (χ2v) is 8.79. The number of anilines is 1. The summed E-state index contributed by atoms with van der Waals surface area (Å²) in [6.07, 6.45) is 6.60. The number of hydrogen-bond acceptors (Lipinski definition) is 7. The number of hydrogen-bond donors (Lipinski definition) is 3. The monoisotopic (exact) mass is 429 g/mol. The molecule has 1 amide bonds. The summed E-state index contributed by atoms with van der Waals surface area (Å²) in [6, 6.07) is 4.29. The maximum atomic E-state index is 12.5. The fourth-order valence-electron chi connectivity index (χ4n) is 4.06. The summed E-state index contributed by atoms with van der Waals surface area (Å²) in [7, 11) is 1.39. The lowest BCUT2D eigenvalue weighted by Gasteiger charge is -2.40. The average Bonchev–Trinajstić information content (AvgIpc) is 3.58. The van der Waals surface area contributed by atoms with Crippen molar-refractivity contribution in [2.24, 2.45) is 5.41 Å². The van der Waals surface area contributed by atoms with Crippen molar-refractivity contribution in [1.29, 1.82) is 5.41 Å². The number of aliphatic hydroxyl groups excluding tert-OH is 1. The Bertz CT molecular complexity index is 871. The first-order chi connectivity index (χ1) is 15.0. The van der Waals surface area contributed by atoms with Crippen molar-refractivity contribution in [1.82, 2.24) is 5.32 Å². The molecule has 1 saturated carbocycles. The highest BCUT2D eigenvalue weighted by Crippen LogP contribution is 2.42. The molecule has 0 aromatic heterocycles. The normalized spacial score (nSPS) is 22.2. The maximum absolute atomic E-state index is 12.5. The minimum atomic E-state index is -0.412. The number of nitrogens with zero attached hydrogens (tertiary/aromatic N) is 1. The molecule has 1 atom stereocenters. The Balaban J connectivity index is 1.74. The number of carbonyl (C=O) groups excluding carboxylic acids is 1. The van der Waals surface area contributed by atoms with Crippen LogP contribution in [0.1, 0.15) is 37.3 Å². The number of amides is 1. The molecule has 31 heavy (non-hydrogen) atoms. The number of rotatable bonds is 8. The zero-order chi connectivity index (χ0) is 22.0. The Hall–Kier alpha value is -2.58. The third kappa shape index (κ3) is 4.27. The predicted molar refractivity (Wildman–Crippen MR) is 118 cm³/mol. The molecule has 1 aromatic rings. The topological polar surface area (TPSA) is 104 Å². The zero-order valence-electron chi connectivity index (χ0n) is 18.1. The van der Waals surface area contributed by atoms with Crippen LogP contribution in [0.25, 0.3) is 5.57 Å². The predicted octanol–water partition coefficient (Wildman–Crippen LogP) is 2.72. The van der Waals surface area contributed by atoms with Gasteiger partial charge in [-0.25, -0.2) is 4.79 Å². The minimum Gasteiger partial charge on any atom is -0.492 e. The standard InChI is InChI=1S/C23H31N3O5/c1-15-3-6-19-20(26(15)22(28)29-2)8-7-18(16(9-24)10-25-17-4-5-17)21(19)31-14-23(11-27)12-30-13-23/h7-10,15,17,24-25,27H,3-6,11-14H2,1-2H3/b16-10+,24-9?/t15-/m0/s1. The van der Waals surface area contributed by atoms with Crippen LogP contribution in [-0.4, -0.2) is 63.0 Å². The van der Waals surface area contributed by atoms with Crippen LogP contribution in [-0.2, 0) is 15.9 Å². The van der Waals surface area contributed by atoms with Gasteiger partial charge in [0.15, 0.2) is 0 Å². The Labute approximate surface area is 182 Å². The van der Waals surface area contributed by atoms with E-state index in [0.717, 1.165) is 48.1 Å². The SMILES string of the molecule is COC(=O)N1c2ccc(/C(C=N)=C/NC3CC3)c(OCC3(CO)COC3)c2CC[C@@H]1C. The van der Waals surface area contributed by atoms with E-state index in [1.807, 2.05) is 25.3 Å². The highest BCUT2D eigenvalue weighted by atomic mass is 16.5. The van der Waals surface area contributed by atoms with Crippen LogP contribution >= 0.6 is 0 Å². The molecule has 2 fully saturated rings. The maximum Gasteiger partial charge on any atom is 0.414 e. The van der Waals surface area contributed by atoms with E-state index in [2.05, 4.69) is 5.32 Å². The number of allylic oxidation sites excluding steroid dienone is 1. The van der Waals surface area contributed by atoms with E-state index < -0.39 is 11.5 Å². The van der Waals surface area contributed by atoms with Gasteiger partial charge in [0.25, 0.3) is 0 Å². The zero-order valence-corrected chi connectivity index (χ0v) is 18.1. The summed E-state index contributed by atoms with van der Waals surface area (Å²) in [5.74, 6) is 0.658. The highest BCUT2D eigenvalue weighted by Gasteiger charge is 2.40. The van der Waals surface area contributed by atoms with Crippen molar-refractivity contribution in [3.05, 3.63) is 29.5 Å². The lowest BCUT2D eigenvalue weighted by molar-refractivity contribution is -0.153. The fourth-order valence-corrected chi connectivity index (χ4v) is 4.06. The summed E-state index contributed by atoms with van der Waals surface area (Å²) >= 11 is 0. The first kappa shape index (κ1) is 21.6. The van der Waals surface area contributed by atoms with Crippen LogP contribution in [0.2, 0.25) is 0 Å². The summed E-state index contributed by atoms with van der Waals surface area (Å²) in [5.41, 5.74) is 2.80. The van der Waals surface area contributed by atoms with Gasteiger partial charge < -0.3 is 30.0 Å². The van der Waals surface area contributed by atoms with Crippen LogP contribution in [0.3, 0.4) is 0 Å². The largest absolute Gasteiger partial charge is 0.492 e. The van der Waals surface area contributed by atoms with Gasteiger partial charge in [-0.05, 0) is 44.7 Å². The van der Waals surface area contributed by atoms with Crippen molar-refractivity contribution in [3.8, 4) is 5.75 Å². The fraction of sp³-hybridized carbons (Fsp3) is 0.565. The van der Waals surface area contributed by atoms with Gasteiger partial charge in [-0.2, -0.15) is 0 Å². The molecule has 4 rings (SSSR count). The van der Waals surface area contributed by atoms with Crippen molar-refractivity contribution in [2.45, 2.75) is 44.7 Å². The molecule has 2 aliphatic heterocycles. The molecule has 2 heterocycles. The Kier molecular flexibility index (Phi) is 6.20. The van der Waals surface area contributed by atoms with E-state index in [-0.39, 0.29) is 12.6 Å². The molecule has 0 spiro atoms. The molecule has 1 aliphatic carbocycles. The highest BCUT2D eigenvalue weighted by molar-refractivity contribution is 6.10. The van der Waals surface area contributed by atoms with Gasteiger partial charge in [-0.1, -0.05) is 0 Å². The second-order valence-electron chi connectivity index (χ2n) is 8.79. The molecule has 8 heteroatoms. The number of fused-ring (bicyclic) bond motifs is 1. The molecule has 1 aromatic carbocycles. The summed E-state index contributed by atoms with van der Waals surface area (Å²) in [6.45, 7) is 3.20. The van der Waals surface area contributed by atoms with Crippen molar-refractivity contribution in [2.75, 3.05) is 38.4 Å². The van der Waals surface area contributed by atoms with E-state index >= 15 is 0 Å². The molecular weight excluding hydrogens is 398 g/mol. The number of benzene rings is 1. The molecule has 0 radical (unpaired) electrons. The molecule has 8 nitrogen and oxygen atoms in total. The Morgan fingerprint density at radius 2 is 2.16 bits per heavy atom. The van der Waals surface area contributed by atoms with Crippen LogP contribution in [0.4, 0.5) is 10.5 Å². The summed E-state index contributed by atoms with van der Waals surface area (Å²) in [5, 5.41) is 21.1. The molecule has 0 unspecified atom stereocenters. The van der Waals surface area contributed by atoms with E-state index in [9.17, 15) is 9.90 Å². The van der Waals surface area contributed by atoms with Crippen molar-refractivity contribution < 1.29 is 24.1 Å². The van der Waals surface area contributed by atoms with E-state index in [1.54, 1.807) is 4.90 Å². The number of methoxy groups -OCH3 is 1. The number of carbonyl (C=O) groups is 1. The van der Waals surface area contributed by atoms with Crippen molar-refractivity contribution >= 4 is 23.6 Å². The number of nitrogens with one attached hydrogen (secondary N) is 2. The smallest absolute Gasteiger partial charge is 0.414 e. The van der Waals surface area contributed by atoms with E-state index in [0.29, 0.717) is 31.6 Å². The van der Waals surface area contributed by atoms with Gasteiger partial charge in [-0.15, -0.1) is 0 Å². The quantitative estimate of drug-likeness (QED) is 0.549. The third-order valence-electron chi connectivity index (χ3n) is 6.31. The first-order valence-electron chi connectivity index (χ1n) is 10.8. The average molecular weight is 430 g/mol. The van der Waals surface area contributed by atoms with Crippen LogP contribution in [0.15, 0.2) is 18.3 Å². The van der Waals surface area contributed by atoms with Gasteiger partial charge in [0.05, 0.1) is 38.0 Å². The van der Waals surface area contributed by atoms with Gasteiger partial charge in [0, 0.05) is 41.2 Å². The van der Waals surface area contributed by atoms with Crippen LogP contribution in [0.5, 0.6) is 5.75 Å². The lowest BCUT2D eigenvalue weighted by Crippen LogP contribution is -2.50. The van der Waals surface area contributed by atoms with Gasteiger partial charge in [-0.3, -0.25) is 4.90 Å². The molecular formula is C23H31N3O5. The number of ether oxygens (including phenoxy) is 3. The summed E-state index contributed by atoms with van der Waals surface area (Å²) in [4.78, 5) is 14.2. The lowest BCUT2D eigenvalue weighted by atomic mass is 9.88. The third-order valence-corrected chi connectivity index (χ3v) is 6.31. The van der Waals surface area contributed by atoms with Crippen LogP contribution in [0, 0.1) is 10.8 Å². The molecule has 3 N–H and O–H groups in total. The van der Waals surface area contributed by atoms with Crippen LogP contribution < -0.4 is 15.0 Å². The van der Waals surface area contributed by atoms with Gasteiger partial charge in [0.2, 0.25) is 0 Å². The molecule has 1 saturated heterocycles. The molecule has 168 valence electrons. The number of aliphatic hydroxyl groups is 1.